The Balaban J connectivity index is 1.67. The number of benzene rings is 2. The summed E-state index contributed by atoms with van der Waals surface area (Å²) in [4.78, 5) is 2.02. The lowest BCUT2D eigenvalue weighted by atomic mass is 10.1. The standard InChI is InChI=1S/C19H22N2O2S/c1-13-4-5-14(2)16(10-13)20-19(24)21(3)12-15-6-7-17-18(11-15)23-9-8-22-17/h4-7,10-11H,8-9,12H2,1-3H3,(H,20,24). The van der Waals surface area contributed by atoms with E-state index in [9.17, 15) is 0 Å². The number of anilines is 1. The molecule has 3 rings (SSSR count). The Morgan fingerprint density at radius 1 is 1.08 bits per heavy atom. The minimum Gasteiger partial charge on any atom is -0.486 e. The van der Waals surface area contributed by atoms with Gasteiger partial charge in [0.2, 0.25) is 0 Å². The highest BCUT2D eigenvalue weighted by molar-refractivity contribution is 7.80. The smallest absolute Gasteiger partial charge is 0.173 e. The minimum absolute atomic E-state index is 0.596. The van der Waals surface area contributed by atoms with Crippen LogP contribution in [-0.2, 0) is 6.54 Å². The second-order valence-corrected chi connectivity index (χ2v) is 6.47. The molecular formula is C19H22N2O2S. The van der Waals surface area contributed by atoms with Gasteiger partial charge in [-0.1, -0.05) is 18.2 Å². The molecule has 5 heteroatoms. The number of hydrogen-bond acceptors (Lipinski definition) is 3. The SMILES string of the molecule is Cc1ccc(C)c(NC(=S)N(C)Cc2ccc3c(c2)OCCO3)c1. The molecule has 24 heavy (non-hydrogen) atoms. The largest absolute Gasteiger partial charge is 0.486 e. The van der Waals surface area contributed by atoms with E-state index in [1.54, 1.807) is 0 Å². The normalized spacial score (nSPS) is 12.6. The molecule has 4 nitrogen and oxygen atoms in total. The third kappa shape index (κ3) is 3.79. The molecular weight excluding hydrogens is 320 g/mol. The third-order valence-corrected chi connectivity index (χ3v) is 4.42. The number of nitrogens with one attached hydrogen (secondary N) is 1. The first-order valence-electron chi connectivity index (χ1n) is 8.01. The van der Waals surface area contributed by atoms with E-state index in [1.165, 1.54) is 11.1 Å². The van der Waals surface area contributed by atoms with E-state index in [0.717, 1.165) is 22.7 Å². The predicted octanol–water partition coefficient (Wildman–Crippen LogP) is 3.90. The minimum atomic E-state index is 0.596. The van der Waals surface area contributed by atoms with E-state index < -0.39 is 0 Å². The average Bonchev–Trinajstić information content (AvgIpc) is 2.58. The molecule has 1 aliphatic heterocycles. The highest BCUT2D eigenvalue weighted by Gasteiger charge is 2.13. The van der Waals surface area contributed by atoms with E-state index in [0.29, 0.717) is 24.9 Å². The predicted molar refractivity (Wildman–Crippen MR) is 101 cm³/mol. The molecule has 1 aliphatic rings. The molecule has 2 aromatic rings. The highest BCUT2D eigenvalue weighted by Crippen LogP contribution is 2.31. The van der Waals surface area contributed by atoms with Gasteiger partial charge in [-0.2, -0.15) is 0 Å². The number of hydrogen-bond donors (Lipinski definition) is 1. The van der Waals surface area contributed by atoms with E-state index in [4.69, 9.17) is 21.7 Å². The summed E-state index contributed by atoms with van der Waals surface area (Å²) in [6.07, 6.45) is 0. The molecule has 0 spiro atoms. The van der Waals surface area contributed by atoms with Crippen molar-refractivity contribution in [1.82, 2.24) is 4.90 Å². The molecule has 0 aliphatic carbocycles. The van der Waals surface area contributed by atoms with Crippen molar-refractivity contribution >= 4 is 23.0 Å². The van der Waals surface area contributed by atoms with Crippen molar-refractivity contribution in [3.63, 3.8) is 0 Å². The fourth-order valence-corrected chi connectivity index (χ4v) is 2.79. The Bertz CT molecular complexity index is 761. The van der Waals surface area contributed by atoms with Crippen LogP contribution in [0.4, 0.5) is 5.69 Å². The average molecular weight is 342 g/mol. The zero-order valence-electron chi connectivity index (χ0n) is 14.3. The van der Waals surface area contributed by atoms with Crippen LogP contribution in [0.3, 0.4) is 0 Å². The molecule has 0 fully saturated rings. The topological polar surface area (TPSA) is 33.7 Å². The summed E-state index contributed by atoms with van der Waals surface area (Å²) in [5.41, 5.74) is 4.57. The molecule has 2 aromatic carbocycles. The Labute approximate surface area is 148 Å². The summed E-state index contributed by atoms with van der Waals surface area (Å²) in [6.45, 7) is 6.06. The van der Waals surface area contributed by atoms with Gasteiger partial charge in [-0.3, -0.25) is 0 Å². The molecule has 126 valence electrons. The first-order chi connectivity index (χ1) is 11.5. The number of ether oxygens (including phenoxy) is 2. The Kier molecular flexibility index (Phi) is 4.90. The second-order valence-electron chi connectivity index (χ2n) is 6.08. The zero-order chi connectivity index (χ0) is 17.1. The molecule has 0 saturated heterocycles. The molecule has 0 unspecified atom stereocenters. The number of nitrogens with zero attached hydrogens (tertiary/aromatic N) is 1. The lowest BCUT2D eigenvalue weighted by Crippen LogP contribution is -2.30. The second kappa shape index (κ2) is 7.09. The maximum absolute atomic E-state index is 5.64. The summed E-state index contributed by atoms with van der Waals surface area (Å²) in [6, 6.07) is 12.3. The van der Waals surface area contributed by atoms with Gasteiger partial charge in [0, 0.05) is 19.3 Å². The molecule has 0 aromatic heterocycles. The van der Waals surface area contributed by atoms with Gasteiger partial charge in [-0.05, 0) is 61.0 Å². The lowest BCUT2D eigenvalue weighted by molar-refractivity contribution is 0.171. The van der Waals surface area contributed by atoms with Crippen LogP contribution in [0.5, 0.6) is 11.5 Å². The summed E-state index contributed by atoms with van der Waals surface area (Å²) >= 11 is 5.54. The van der Waals surface area contributed by atoms with E-state index in [-0.39, 0.29) is 0 Å². The maximum Gasteiger partial charge on any atom is 0.173 e. The van der Waals surface area contributed by atoms with Crippen molar-refractivity contribution < 1.29 is 9.47 Å². The monoisotopic (exact) mass is 342 g/mol. The van der Waals surface area contributed by atoms with Gasteiger partial charge in [0.05, 0.1) is 0 Å². The lowest BCUT2D eigenvalue weighted by Gasteiger charge is -2.23. The molecule has 0 bridgehead atoms. The quantitative estimate of drug-likeness (QED) is 0.856. The highest BCUT2D eigenvalue weighted by atomic mass is 32.1. The fourth-order valence-electron chi connectivity index (χ4n) is 2.61. The van der Waals surface area contributed by atoms with E-state index in [1.807, 2.05) is 30.1 Å². The van der Waals surface area contributed by atoms with Gasteiger partial charge in [-0.25, -0.2) is 0 Å². The number of fused-ring (bicyclic) bond motifs is 1. The van der Waals surface area contributed by atoms with E-state index in [2.05, 4.69) is 37.4 Å². The maximum atomic E-state index is 5.64. The zero-order valence-corrected chi connectivity index (χ0v) is 15.1. The molecule has 1 heterocycles. The Hall–Kier alpha value is -2.27. The van der Waals surface area contributed by atoms with Crippen molar-refractivity contribution in [3.05, 3.63) is 53.1 Å². The van der Waals surface area contributed by atoms with Crippen LogP contribution >= 0.6 is 12.2 Å². The third-order valence-electron chi connectivity index (χ3n) is 4.01. The van der Waals surface area contributed by atoms with Crippen LogP contribution < -0.4 is 14.8 Å². The van der Waals surface area contributed by atoms with Gasteiger partial charge in [0.25, 0.3) is 0 Å². The first kappa shape index (κ1) is 16.6. The first-order valence-corrected chi connectivity index (χ1v) is 8.41. The van der Waals surface area contributed by atoms with Crippen molar-refractivity contribution in [2.75, 3.05) is 25.6 Å². The summed E-state index contributed by atoms with van der Waals surface area (Å²) < 4.78 is 11.2. The van der Waals surface area contributed by atoms with Crippen LogP contribution in [0.25, 0.3) is 0 Å². The van der Waals surface area contributed by atoms with Crippen LogP contribution in [-0.4, -0.2) is 30.3 Å². The Morgan fingerprint density at radius 3 is 2.62 bits per heavy atom. The fraction of sp³-hybridized carbons (Fsp3) is 0.316. The van der Waals surface area contributed by atoms with Crippen molar-refractivity contribution in [3.8, 4) is 11.5 Å². The molecule has 0 radical (unpaired) electrons. The molecule has 0 saturated carbocycles. The van der Waals surface area contributed by atoms with Crippen molar-refractivity contribution in [1.29, 1.82) is 0 Å². The number of thiocarbonyl (C=S) groups is 1. The van der Waals surface area contributed by atoms with Gasteiger partial charge < -0.3 is 19.7 Å². The summed E-state index contributed by atoms with van der Waals surface area (Å²) in [7, 11) is 1.98. The molecule has 0 amide bonds. The van der Waals surface area contributed by atoms with E-state index >= 15 is 0 Å². The van der Waals surface area contributed by atoms with Crippen LogP contribution in [0, 0.1) is 13.8 Å². The van der Waals surface area contributed by atoms with Crippen LogP contribution in [0.2, 0.25) is 0 Å². The van der Waals surface area contributed by atoms with Gasteiger partial charge in [0.1, 0.15) is 13.2 Å². The van der Waals surface area contributed by atoms with Crippen molar-refractivity contribution in [2.45, 2.75) is 20.4 Å². The number of rotatable bonds is 3. The van der Waals surface area contributed by atoms with Crippen molar-refractivity contribution in [2.24, 2.45) is 0 Å². The van der Waals surface area contributed by atoms with Gasteiger partial charge in [0.15, 0.2) is 16.6 Å². The Morgan fingerprint density at radius 2 is 1.83 bits per heavy atom. The molecule has 1 N–H and O–H groups in total. The molecule has 0 atom stereocenters. The van der Waals surface area contributed by atoms with Gasteiger partial charge >= 0.3 is 0 Å². The van der Waals surface area contributed by atoms with Gasteiger partial charge in [-0.15, -0.1) is 0 Å². The van der Waals surface area contributed by atoms with Crippen LogP contribution in [0.1, 0.15) is 16.7 Å². The summed E-state index contributed by atoms with van der Waals surface area (Å²) in [5.74, 6) is 1.62. The number of aryl methyl sites for hydroxylation is 2. The summed E-state index contributed by atoms with van der Waals surface area (Å²) in [5, 5.41) is 4.03. The van der Waals surface area contributed by atoms with Crippen LogP contribution in [0.15, 0.2) is 36.4 Å².